The predicted molar refractivity (Wildman–Crippen MR) is 86.4 cm³/mol. The number of H-pyrrole nitrogens is 1. The Labute approximate surface area is 133 Å². The van der Waals surface area contributed by atoms with Crippen LogP contribution < -0.4 is 24.5 Å². The van der Waals surface area contributed by atoms with E-state index < -0.39 is 0 Å². The second-order valence-electron chi connectivity index (χ2n) is 4.42. The third-order valence-electron chi connectivity index (χ3n) is 3.16. The average molecular weight is 318 g/mol. The highest BCUT2D eigenvalue weighted by Crippen LogP contribution is 2.40. The van der Waals surface area contributed by atoms with Gasteiger partial charge < -0.3 is 23.9 Å². The van der Waals surface area contributed by atoms with Gasteiger partial charge in [0.1, 0.15) is 5.82 Å². The standard InChI is InChI=1S/C16H18N2O5/c1-20-11-7-5-10(14(22-3)15(11)23-4)6-8-13-17-9-12(21-2)16(19)18-13/h5-9H,1-4H3,(H,17,18,19)/b8-6+. The van der Waals surface area contributed by atoms with Gasteiger partial charge in [-0.2, -0.15) is 0 Å². The number of ether oxygens (including phenoxy) is 4. The number of aromatic amines is 1. The summed E-state index contributed by atoms with van der Waals surface area (Å²) in [7, 11) is 6.05. The molecular weight excluding hydrogens is 300 g/mol. The molecule has 0 saturated carbocycles. The summed E-state index contributed by atoms with van der Waals surface area (Å²) in [5.74, 6) is 2.14. The first-order valence-corrected chi connectivity index (χ1v) is 6.75. The normalized spacial score (nSPS) is 10.6. The first kappa shape index (κ1) is 16.4. The highest BCUT2D eigenvalue weighted by Gasteiger charge is 2.14. The first-order valence-electron chi connectivity index (χ1n) is 6.75. The van der Waals surface area contributed by atoms with E-state index in [-0.39, 0.29) is 11.3 Å². The van der Waals surface area contributed by atoms with Gasteiger partial charge in [-0.1, -0.05) is 0 Å². The Morgan fingerprint density at radius 3 is 2.17 bits per heavy atom. The molecule has 1 aromatic carbocycles. The summed E-state index contributed by atoms with van der Waals surface area (Å²) in [6.07, 6.45) is 4.78. The van der Waals surface area contributed by atoms with Crippen LogP contribution in [0.1, 0.15) is 11.4 Å². The maximum atomic E-state index is 11.7. The van der Waals surface area contributed by atoms with Gasteiger partial charge in [0.05, 0.1) is 34.6 Å². The van der Waals surface area contributed by atoms with Crippen molar-refractivity contribution in [2.24, 2.45) is 0 Å². The van der Waals surface area contributed by atoms with Crippen LogP contribution in [0.5, 0.6) is 23.0 Å². The van der Waals surface area contributed by atoms with Crippen LogP contribution in [0.2, 0.25) is 0 Å². The predicted octanol–water partition coefficient (Wildman–Crippen LogP) is 1.97. The summed E-state index contributed by atoms with van der Waals surface area (Å²) >= 11 is 0. The van der Waals surface area contributed by atoms with Crippen LogP contribution in [0.4, 0.5) is 0 Å². The van der Waals surface area contributed by atoms with E-state index in [0.717, 1.165) is 5.56 Å². The number of nitrogens with one attached hydrogen (secondary N) is 1. The summed E-state index contributed by atoms with van der Waals surface area (Å²) in [6, 6.07) is 3.59. The third-order valence-corrected chi connectivity index (χ3v) is 3.16. The van der Waals surface area contributed by atoms with Crippen LogP contribution in [0.3, 0.4) is 0 Å². The molecule has 0 fully saturated rings. The summed E-state index contributed by atoms with van der Waals surface area (Å²) in [6.45, 7) is 0. The van der Waals surface area contributed by atoms with Gasteiger partial charge in [-0.05, 0) is 24.3 Å². The zero-order valence-electron chi connectivity index (χ0n) is 13.4. The number of aromatic nitrogens is 2. The number of nitrogens with zero attached hydrogens (tertiary/aromatic N) is 1. The minimum atomic E-state index is -0.346. The Kier molecular flexibility index (Phi) is 5.24. The molecule has 7 nitrogen and oxygen atoms in total. The van der Waals surface area contributed by atoms with Crippen molar-refractivity contribution >= 4 is 12.2 Å². The molecular formula is C16H18N2O5. The minimum absolute atomic E-state index is 0.158. The molecule has 2 aromatic rings. The molecule has 0 aliphatic carbocycles. The lowest BCUT2D eigenvalue weighted by Gasteiger charge is -2.13. The molecule has 0 bridgehead atoms. The maximum Gasteiger partial charge on any atom is 0.293 e. The van der Waals surface area contributed by atoms with Crippen molar-refractivity contribution in [3.05, 3.63) is 40.1 Å². The van der Waals surface area contributed by atoms with Gasteiger partial charge in [-0.3, -0.25) is 4.79 Å². The Hall–Kier alpha value is -2.96. The number of rotatable bonds is 6. The molecule has 0 amide bonds. The zero-order chi connectivity index (χ0) is 16.8. The number of methoxy groups -OCH3 is 4. The van der Waals surface area contributed by atoms with Crippen LogP contribution in [0.15, 0.2) is 23.1 Å². The quantitative estimate of drug-likeness (QED) is 0.877. The Balaban J connectivity index is 2.39. The van der Waals surface area contributed by atoms with Crippen molar-refractivity contribution in [3.8, 4) is 23.0 Å². The van der Waals surface area contributed by atoms with Crippen LogP contribution >= 0.6 is 0 Å². The van der Waals surface area contributed by atoms with Crippen molar-refractivity contribution < 1.29 is 18.9 Å². The summed E-state index contributed by atoms with van der Waals surface area (Å²) in [5, 5.41) is 0. The smallest absolute Gasteiger partial charge is 0.293 e. The van der Waals surface area contributed by atoms with E-state index in [1.54, 1.807) is 32.4 Å². The molecule has 1 N–H and O–H groups in total. The number of benzene rings is 1. The molecule has 0 unspecified atom stereocenters. The van der Waals surface area contributed by atoms with Crippen LogP contribution in [-0.4, -0.2) is 38.4 Å². The van der Waals surface area contributed by atoms with Gasteiger partial charge in [0.25, 0.3) is 5.56 Å². The van der Waals surface area contributed by atoms with Crippen molar-refractivity contribution in [3.63, 3.8) is 0 Å². The summed E-state index contributed by atoms with van der Waals surface area (Å²) in [5.41, 5.74) is 0.407. The number of hydrogen-bond donors (Lipinski definition) is 1. The molecule has 0 saturated heterocycles. The molecule has 2 rings (SSSR count). The Morgan fingerprint density at radius 2 is 1.61 bits per heavy atom. The van der Waals surface area contributed by atoms with Crippen LogP contribution in [-0.2, 0) is 0 Å². The van der Waals surface area contributed by atoms with E-state index in [4.69, 9.17) is 18.9 Å². The van der Waals surface area contributed by atoms with Crippen molar-refractivity contribution in [2.75, 3.05) is 28.4 Å². The average Bonchev–Trinajstić information content (AvgIpc) is 2.58. The topological polar surface area (TPSA) is 82.7 Å². The van der Waals surface area contributed by atoms with E-state index in [0.29, 0.717) is 23.1 Å². The van der Waals surface area contributed by atoms with Gasteiger partial charge in [0.2, 0.25) is 11.5 Å². The molecule has 0 aliphatic heterocycles. The van der Waals surface area contributed by atoms with E-state index in [1.165, 1.54) is 20.4 Å². The van der Waals surface area contributed by atoms with Gasteiger partial charge in [0.15, 0.2) is 11.5 Å². The molecule has 1 heterocycles. The molecule has 23 heavy (non-hydrogen) atoms. The van der Waals surface area contributed by atoms with E-state index in [1.807, 2.05) is 6.07 Å². The van der Waals surface area contributed by atoms with E-state index in [9.17, 15) is 4.79 Å². The lowest BCUT2D eigenvalue weighted by atomic mass is 10.1. The molecule has 122 valence electrons. The Morgan fingerprint density at radius 1 is 0.913 bits per heavy atom. The van der Waals surface area contributed by atoms with Gasteiger partial charge in [0, 0.05) is 5.56 Å². The second kappa shape index (κ2) is 7.35. The van der Waals surface area contributed by atoms with Crippen molar-refractivity contribution in [2.45, 2.75) is 0 Å². The number of hydrogen-bond acceptors (Lipinski definition) is 6. The second-order valence-corrected chi connectivity index (χ2v) is 4.42. The lowest BCUT2D eigenvalue weighted by molar-refractivity contribution is 0.324. The fourth-order valence-electron chi connectivity index (χ4n) is 2.05. The molecule has 1 aromatic heterocycles. The molecule has 7 heteroatoms. The largest absolute Gasteiger partial charge is 0.493 e. The summed E-state index contributed by atoms with van der Waals surface area (Å²) in [4.78, 5) is 18.4. The van der Waals surface area contributed by atoms with Crippen molar-refractivity contribution in [1.82, 2.24) is 9.97 Å². The minimum Gasteiger partial charge on any atom is -0.493 e. The lowest BCUT2D eigenvalue weighted by Crippen LogP contribution is -2.11. The fraction of sp³-hybridized carbons (Fsp3) is 0.250. The van der Waals surface area contributed by atoms with E-state index >= 15 is 0 Å². The first-order chi connectivity index (χ1) is 11.1. The Bertz CT molecular complexity index is 768. The monoisotopic (exact) mass is 318 g/mol. The highest BCUT2D eigenvalue weighted by molar-refractivity contribution is 5.74. The van der Waals surface area contributed by atoms with E-state index in [2.05, 4.69) is 9.97 Å². The maximum absolute atomic E-state index is 11.7. The van der Waals surface area contributed by atoms with Gasteiger partial charge in [-0.25, -0.2) is 4.98 Å². The van der Waals surface area contributed by atoms with Crippen LogP contribution in [0, 0.1) is 0 Å². The van der Waals surface area contributed by atoms with Gasteiger partial charge in [-0.15, -0.1) is 0 Å². The molecule has 0 radical (unpaired) electrons. The molecule has 0 atom stereocenters. The third kappa shape index (κ3) is 3.45. The van der Waals surface area contributed by atoms with Crippen molar-refractivity contribution in [1.29, 1.82) is 0 Å². The molecule has 0 aliphatic rings. The SMILES string of the molecule is COc1ccc(/C=C/c2ncc(OC)c(=O)[nH]2)c(OC)c1OC. The highest BCUT2D eigenvalue weighted by atomic mass is 16.5. The molecule has 0 spiro atoms. The van der Waals surface area contributed by atoms with Gasteiger partial charge >= 0.3 is 0 Å². The summed E-state index contributed by atoms with van der Waals surface area (Å²) < 4.78 is 20.8. The fourth-order valence-corrected chi connectivity index (χ4v) is 2.05. The zero-order valence-corrected chi connectivity index (χ0v) is 13.4. The van der Waals surface area contributed by atoms with Crippen LogP contribution in [0.25, 0.3) is 12.2 Å².